The molecule has 20 heavy (non-hydrogen) atoms. The van der Waals surface area contributed by atoms with Crippen molar-refractivity contribution in [3.05, 3.63) is 70.6 Å². The zero-order valence-corrected chi connectivity index (χ0v) is 12.3. The maximum Gasteiger partial charge on any atom is 0.250 e. The Hall–Kier alpha value is -1.58. The van der Waals surface area contributed by atoms with Gasteiger partial charge >= 0.3 is 0 Å². The lowest BCUT2D eigenvalue weighted by molar-refractivity contribution is 0.395. The quantitative estimate of drug-likeness (QED) is 0.830. The maximum atomic E-state index is 11.6. The van der Waals surface area contributed by atoms with Crippen molar-refractivity contribution in [2.24, 2.45) is 0 Å². The summed E-state index contributed by atoms with van der Waals surface area (Å²) in [5.74, 6) is 0.473. The third-order valence-corrected chi connectivity index (χ3v) is 3.98. The molecule has 0 radical (unpaired) electrons. The van der Waals surface area contributed by atoms with Crippen LogP contribution in [0.5, 0.6) is 0 Å². The maximum absolute atomic E-state index is 11.6. The summed E-state index contributed by atoms with van der Waals surface area (Å²) < 4.78 is 1.69. The minimum atomic E-state index is -0.290. The van der Waals surface area contributed by atoms with Gasteiger partial charge in [-0.1, -0.05) is 36.4 Å². The first-order valence-corrected chi connectivity index (χ1v) is 7.21. The molecule has 106 valence electrons. The second-order valence-electron chi connectivity index (χ2n) is 4.99. The molecule has 0 saturated carbocycles. The fourth-order valence-corrected chi connectivity index (χ4v) is 2.38. The molecule has 0 aliphatic heterocycles. The third kappa shape index (κ3) is 3.50. The Morgan fingerprint density at radius 3 is 2.50 bits per heavy atom. The largest absolute Gasteiger partial charge is 0.314 e. The van der Waals surface area contributed by atoms with E-state index in [9.17, 15) is 4.79 Å². The smallest absolute Gasteiger partial charge is 0.250 e. The topological polar surface area (TPSA) is 34.0 Å². The SMILES string of the molecule is CC(CCl)(NCCn1ccccc1=O)c1ccccc1. The Morgan fingerprint density at radius 1 is 1.15 bits per heavy atom. The number of hydrogen-bond donors (Lipinski definition) is 1. The van der Waals surface area contributed by atoms with Crippen LogP contribution in [0.4, 0.5) is 0 Å². The van der Waals surface area contributed by atoms with Crippen LogP contribution in [0.1, 0.15) is 12.5 Å². The molecule has 0 spiro atoms. The van der Waals surface area contributed by atoms with Gasteiger partial charge in [-0.05, 0) is 18.6 Å². The van der Waals surface area contributed by atoms with E-state index >= 15 is 0 Å². The van der Waals surface area contributed by atoms with E-state index in [0.29, 0.717) is 19.0 Å². The number of hydrogen-bond acceptors (Lipinski definition) is 2. The summed E-state index contributed by atoms with van der Waals surface area (Å²) in [5, 5.41) is 3.45. The Bertz CT molecular complexity index is 597. The number of alkyl halides is 1. The predicted octanol–water partition coefficient (Wildman–Crippen LogP) is 2.59. The molecule has 1 heterocycles. The first-order valence-electron chi connectivity index (χ1n) is 6.68. The first kappa shape index (κ1) is 14.8. The third-order valence-electron chi connectivity index (χ3n) is 3.45. The van der Waals surface area contributed by atoms with Crippen molar-refractivity contribution in [3.8, 4) is 0 Å². The van der Waals surface area contributed by atoms with Gasteiger partial charge < -0.3 is 9.88 Å². The van der Waals surface area contributed by atoms with Gasteiger partial charge in [0.1, 0.15) is 0 Å². The number of benzene rings is 1. The van der Waals surface area contributed by atoms with E-state index in [1.807, 2.05) is 24.3 Å². The van der Waals surface area contributed by atoms with Crippen LogP contribution in [0.25, 0.3) is 0 Å². The van der Waals surface area contributed by atoms with Crippen LogP contribution in [-0.2, 0) is 12.1 Å². The molecule has 0 bridgehead atoms. The van der Waals surface area contributed by atoms with Crippen molar-refractivity contribution in [1.29, 1.82) is 0 Å². The Kier molecular flexibility index (Phi) is 4.99. The molecule has 1 N–H and O–H groups in total. The fourth-order valence-electron chi connectivity index (χ4n) is 2.13. The van der Waals surface area contributed by atoms with Crippen LogP contribution in [0.3, 0.4) is 0 Å². The average Bonchev–Trinajstić information content (AvgIpc) is 2.50. The first-order chi connectivity index (χ1) is 9.65. The van der Waals surface area contributed by atoms with E-state index in [4.69, 9.17) is 11.6 Å². The molecular weight excluding hydrogens is 272 g/mol. The summed E-state index contributed by atoms with van der Waals surface area (Å²) in [5.41, 5.74) is 0.873. The predicted molar refractivity (Wildman–Crippen MR) is 83.2 cm³/mol. The highest BCUT2D eigenvalue weighted by Crippen LogP contribution is 2.21. The molecule has 2 aromatic rings. The summed E-state index contributed by atoms with van der Waals surface area (Å²) in [6.45, 7) is 3.38. The standard InChI is InChI=1S/C16H19ClN2O/c1-16(13-17,14-7-3-2-4-8-14)18-10-12-19-11-6-5-9-15(19)20/h2-9,11,18H,10,12-13H2,1H3. The van der Waals surface area contributed by atoms with Gasteiger partial charge in [0, 0.05) is 31.2 Å². The number of nitrogens with one attached hydrogen (secondary N) is 1. The summed E-state index contributed by atoms with van der Waals surface area (Å²) in [4.78, 5) is 11.6. The highest BCUT2D eigenvalue weighted by atomic mass is 35.5. The molecule has 0 amide bonds. The van der Waals surface area contributed by atoms with Gasteiger partial charge in [0.25, 0.3) is 5.56 Å². The number of aromatic nitrogens is 1. The number of nitrogens with zero attached hydrogens (tertiary/aromatic N) is 1. The lowest BCUT2D eigenvalue weighted by atomic mass is 9.94. The van der Waals surface area contributed by atoms with Gasteiger partial charge in [-0.3, -0.25) is 4.79 Å². The lowest BCUT2D eigenvalue weighted by Crippen LogP contribution is -2.43. The van der Waals surface area contributed by atoms with Gasteiger partial charge in [0.05, 0.1) is 5.54 Å². The zero-order chi connectivity index (χ0) is 14.4. The van der Waals surface area contributed by atoms with E-state index in [1.165, 1.54) is 0 Å². The molecule has 0 aliphatic rings. The van der Waals surface area contributed by atoms with Crippen molar-refractivity contribution in [2.75, 3.05) is 12.4 Å². The fraction of sp³-hybridized carbons (Fsp3) is 0.312. The normalized spacial score (nSPS) is 13.9. The van der Waals surface area contributed by atoms with Crippen LogP contribution >= 0.6 is 11.6 Å². The van der Waals surface area contributed by atoms with Gasteiger partial charge in [-0.15, -0.1) is 11.6 Å². The molecular formula is C16H19ClN2O. The molecule has 1 aromatic heterocycles. The second-order valence-corrected chi connectivity index (χ2v) is 5.26. The van der Waals surface area contributed by atoms with Crippen LogP contribution < -0.4 is 10.9 Å². The number of halogens is 1. The molecule has 0 fully saturated rings. The van der Waals surface area contributed by atoms with Gasteiger partial charge in [0.15, 0.2) is 0 Å². The van der Waals surface area contributed by atoms with E-state index < -0.39 is 0 Å². The van der Waals surface area contributed by atoms with Crippen LogP contribution in [0.2, 0.25) is 0 Å². The van der Waals surface area contributed by atoms with E-state index in [1.54, 1.807) is 22.9 Å². The molecule has 3 nitrogen and oxygen atoms in total. The lowest BCUT2D eigenvalue weighted by Gasteiger charge is -2.29. The van der Waals surface area contributed by atoms with Crippen LogP contribution in [0, 0.1) is 0 Å². The minimum Gasteiger partial charge on any atom is -0.314 e. The van der Waals surface area contributed by atoms with Crippen molar-refractivity contribution in [3.63, 3.8) is 0 Å². The molecule has 0 saturated heterocycles. The Morgan fingerprint density at radius 2 is 1.85 bits per heavy atom. The second kappa shape index (κ2) is 6.73. The molecule has 2 rings (SSSR count). The molecule has 1 aromatic carbocycles. The van der Waals surface area contributed by atoms with Gasteiger partial charge in [-0.25, -0.2) is 0 Å². The van der Waals surface area contributed by atoms with Gasteiger partial charge in [-0.2, -0.15) is 0 Å². The average molecular weight is 291 g/mol. The van der Waals surface area contributed by atoms with Gasteiger partial charge in [0.2, 0.25) is 0 Å². The van der Waals surface area contributed by atoms with Crippen LogP contribution in [-0.4, -0.2) is 17.0 Å². The number of pyridine rings is 1. The number of rotatable bonds is 6. The monoisotopic (exact) mass is 290 g/mol. The summed E-state index contributed by atoms with van der Waals surface area (Å²) in [6, 6.07) is 15.3. The summed E-state index contributed by atoms with van der Waals surface area (Å²) >= 11 is 6.13. The summed E-state index contributed by atoms with van der Waals surface area (Å²) in [6.07, 6.45) is 1.80. The molecule has 1 unspecified atom stereocenters. The summed E-state index contributed by atoms with van der Waals surface area (Å²) in [7, 11) is 0. The highest BCUT2D eigenvalue weighted by molar-refractivity contribution is 6.18. The molecule has 4 heteroatoms. The molecule has 1 atom stereocenters. The van der Waals surface area contributed by atoms with Crippen molar-refractivity contribution >= 4 is 11.6 Å². The zero-order valence-electron chi connectivity index (χ0n) is 11.6. The Balaban J connectivity index is 2.01. The molecule has 0 aliphatic carbocycles. The van der Waals surface area contributed by atoms with Crippen LogP contribution in [0.15, 0.2) is 59.5 Å². The van der Waals surface area contributed by atoms with E-state index in [2.05, 4.69) is 24.4 Å². The van der Waals surface area contributed by atoms with Crippen molar-refractivity contribution < 1.29 is 0 Å². The van der Waals surface area contributed by atoms with E-state index in [0.717, 1.165) is 5.56 Å². The highest BCUT2D eigenvalue weighted by Gasteiger charge is 2.24. The van der Waals surface area contributed by atoms with Crippen molar-refractivity contribution in [2.45, 2.75) is 19.0 Å². The minimum absolute atomic E-state index is 0.0154. The van der Waals surface area contributed by atoms with Crippen molar-refractivity contribution in [1.82, 2.24) is 9.88 Å². The van der Waals surface area contributed by atoms with E-state index in [-0.39, 0.29) is 11.1 Å². The Labute approximate surface area is 124 Å².